The normalized spacial score (nSPS) is 22.6. The van der Waals surface area contributed by atoms with Crippen LogP contribution in [0, 0.1) is 6.92 Å². The molecule has 208 valence electrons. The van der Waals surface area contributed by atoms with Crippen molar-refractivity contribution in [1.82, 2.24) is 15.2 Å². The first-order chi connectivity index (χ1) is 19.4. The summed E-state index contributed by atoms with van der Waals surface area (Å²) in [4.78, 5) is 20.2. The van der Waals surface area contributed by atoms with Crippen molar-refractivity contribution in [3.63, 3.8) is 0 Å². The number of benzene rings is 3. The molecule has 2 amide bonds. The summed E-state index contributed by atoms with van der Waals surface area (Å²) in [7, 11) is 5.55. The Bertz CT molecular complexity index is 1540. The van der Waals surface area contributed by atoms with E-state index in [1.54, 1.807) is 25.6 Å². The number of urea groups is 1. The fourth-order valence-corrected chi connectivity index (χ4v) is 7.67. The third-order valence-corrected chi connectivity index (χ3v) is 9.82. The van der Waals surface area contributed by atoms with Crippen molar-refractivity contribution in [1.29, 1.82) is 0 Å². The molecule has 6 rings (SSSR count). The molecule has 8 heteroatoms. The molecule has 2 heterocycles. The zero-order chi connectivity index (χ0) is 27.9. The molecule has 1 aliphatic heterocycles. The highest BCUT2D eigenvalue weighted by Gasteiger charge is 2.50. The van der Waals surface area contributed by atoms with Crippen molar-refractivity contribution in [2.24, 2.45) is 0 Å². The average Bonchev–Trinajstić information content (AvgIpc) is 3.54. The monoisotopic (exact) mass is 556 g/mol. The van der Waals surface area contributed by atoms with Gasteiger partial charge in [0.1, 0.15) is 5.01 Å². The van der Waals surface area contributed by atoms with E-state index < -0.39 is 0 Å². The van der Waals surface area contributed by atoms with E-state index in [9.17, 15) is 4.79 Å². The van der Waals surface area contributed by atoms with Gasteiger partial charge in [0.2, 0.25) is 0 Å². The van der Waals surface area contributed by atoms with Crippen LogP contribution in [0.1, 0.15) is 36.8 Å². The molecule has 7 nitrogen and oxygen atoms in total. The average molecular weight is 557 g/mol. The fraction of sp³-hybridized carbons (Fsp3) is 0.375. The first kappa shape index (κ1) is 26.6. The lowest BCUT2D eigenvalue weighted by molar-refractivity contribution is 0.156. The molecule has 0 spiro atoms. The van der Waals surface area contributed by atoms with Gasteiger partial charge < -0.3 is 25.0 Å². The molecule has 3 atom stereocenters. The third-order valence-electron chi connectivity index (χ3n) is 8.75. The first-order valence-electron chi connectivity index (χ1n) is 13.9. The molecule has 4 aromatic rings. The van der Waals surface area contributed by atoms with Crippen LogP contribution >= 0.6 is 11.3 Å². The van der Waals surface area contributed by atoms with Gasteiger partial charge in [-0.1, -0.05) is 12.1 Å². The van der Waals surface area contributed by atoms with Crippen LogP contribution in [0.3, 0.4) is 0 Å². The van der Waals surface area contributed by atoms with Crippen molar-refractivity contribution >= 4 is 33.3 Å². The lowest BCUT2D eigenvalue weighted by Crippen LogP contribution is -2.52. The number of thiazole rings is 1. The quantitative estimate of drug-likeness (QED) is 0.280. The third kappa shape index (κ3) is 4.90. The summed E-state index contributed by atoms with van der Waals surface area (Å²) in [6, 6.07) is 20.9. The standard InChI is InChI=1S/C32H36N4O3S/c1-20-5-11-25-28(17-20)40-30(35-25)21-6-9-23(10-7-21)33-31(37)34-24-13-14-32(15-16-36(2)29(32)19-24)22-8-12-26(38-3)27(18-22)39-4/h5-12,17-18,24,29H,13-16,19H2,1-4H3,(H2,33,34,37)/t24-,29+,32+/m1/s1. The molecule has 1 saturated heterocycles. The summed E-state index contributed by atoms with van der Waals surface area (Å²) in [5.41, 5.74) is 5.42. The van der Waals surface area contributed by atoms with E-state index in [2.05, 4.69) is 59.8 Å². The minimum Gasteiger partial charge on any atom is -0.493 e. The Balaban J connectivity index is 1.11. The lowest BCUT2D eigenvalue weighted by Gasteiger charge is -2.45. The largest absolute Gasteiger partial charge is 0.493 e. The molecule has 3 aromatic carbocycles. The number of carbonyl (C=O) groups is 1. The number of ether oxygens (including phenoxy) is 2. The topological polar surface area (TPSA) is 75.7 Å². The Morgan fingerprint density at radius 2 is 1.82 bits per heavy atom. The summed E-state index contributed by atoms with van der Waals surface area (Å²) < 4.78 is 12.3. The van der Waals surface area contributed by atoms with Crippen LogP contribution in [0.15, 0.2) is 60.7 Å². The molecular formula is C32H36N4O3S. The summed E-state index contributed by atoms with van der Waals surface area (Å²) in [5, 5.41) is 7.26. The van der Waals surface area contributed by atoms with Crippen LogP contribution in [0.4, 0.5) is 10.5 Å². The van der Waals surface area contributed by atoms with Crippen LogP contribution in [-0.2, 0) is 5.41 Å². The van der Waals surface area contributed by atoms with Crippen molar-refractivity contribution in [2.45, 2.75) is 50.1 Å². The number of methoxy groups -OCH3 is 2. The number of carbonyl (C=O) groups excluding carboxylic acids is 1. The van der Waals surface area contributed by atoms with Gasteiger partial charge in [0.15, 0.2) is 11.5 Å². The molecule has 2 fully saturated rings. The number of amides is 2. The number of aromatic nitrogens is 1. The van der Waals surface area contributed by atoms with Crippen LogP contribution < -0.4 is 20.1 Å². The summed E-state index contributed by atoms with van der Waals surface area (Å²) in [5.74, 6) is 1.52. The molecule has 40 heavy (non-hydrogen) atoms. The van der Waals surface area contributed by atoms with Crippen molar-refractivity contribution < 1.29 is 14.3 Å². The van der Waals surface area contributed by atoms with Gasteiger partial charge in [-0.15, -0.1) is 11.3 Å². The van der Waals surface area contributed by atoms with E-state index in [1.165, 1.54) is 15.8 Å². The van der Waals surface area contributed by atoms with Crippen LogP contribution in [0.25, 0.3) is 20.8 Å². The lowest BCUT2D eigenvalue weighted by atomic mass is 9.65. The fourth-order valence-electron chi connectivity index (χ4n) is 6.60. The number of likely N-dealkylation sites (N-methyl/N-ethyl adjacent to an activating group) is 1. The number of hydrogen-bond acceptors (Lipinski definition) is 6. The Kier molecular flexibility index (Phi) is 7.15. The zero-order valence-corrected chi connectivity index (χ0v) is 24.3. The number of rotatable bonds is 6. The Morgan fingerprint density at radius 1 is 1.02 bits per heavy atom. The molecule has 0 bridgehead atoms. The van der Waals surface area contributed by atoms with E-state index in [-0.39, 0.29) is 17.5 Å². The first-order valence-corrected chi connectivity index (χ1v) is 14.7. The second-order valence-electron chi connectivity index (χ2n) is 11.1. The molecular weight excluding hydrogens is 520 g/mol. The highest BCUT2D eigenvalue weighted by molar-refractivity contribution is 7.21. The zero-order valence-electron chi connectivity index (χ0n) is 23.5. The molecule has 1 saturated carbocycles. The molecule has 1 aliphatic carbocycles. The van der Waals surface area contributed by atoms with Gasteiger partial charge in [0, 0.05) is 28.7 Å². The molecule has 0 unspecified atom stereocenters. The number of anilines is 1. The second kappa shape index (κ2) is 10.7. The maximum absolute atomic E-state index is 13.0. The Morgan fingerprint density at radius 3 is 2.60 bits per heavy atom. The second-order valence-corrected chi connectivity index (χ2v) is 12.1. The predicted octanol–water partition coefficient (Wildman–Crippen LogP) is 6.61. The van der Waals surface area contributed by atoms with Crippen LogP contribution in [-0.4, -0.2) is 55.8 Å². The van der Waals surface area contributed by atoms with Crippen molar-refractivity contribution in [3.05, 3.63) is 71.8 Å². The molecule has 2 N–H and O–H groups in total. The minimum absolute atomic E-state index is 0.0537. The highest BCUT2D eigenvalue weighted by Crippen LogP contribution is 2.50. The van der Waals surface area contributed by atoms with Gasteiger partial charge in [0.05, 0.1) is 24.4 Å². The van der Waals surface area contributed by atoms with Crippen molar-refractivity contribution in [3.8, 4) is 22.1 Å². The molecule has 1 aromatic heterocycles. The minimum atomic E-state index is -0.160. The number of nitrogens with one attached hydrogen (secondary N) is 2. The maximum atomic E-state index is 13.0. The molecule has 2 aliphatic rings. The number of hydrogen-bond donors (Lipinski definition) is 2. The molecule has 0 radical (unpaired) electrons. The predicted molar refractivity (Wildman–Crippen MR) is 162 cm³/mol. The van der Waals surface area contributed by atoms with E-state index >= 15 is 0 Å². The Hall–Kier alpha value is -3.62. The Labute approximate surface area is 239 Å². The highest BCUT2D eigenvalue weighted by atomic mass is 32.1. The summed E-state index contributed by atoms with van der Waals surface area (Å²) in [6.45, 7) is 3.14. The van der Waals surface area contributed by atoms with Crippen LogP contribution in [0.2, 0.25) is 0 Å². The van der Waals surface area contributed by atoms with E-state index in [0.29, 0.717) is 6.04 Å². The van der Waals surface area contributed by atoms with Gasteiger partial charge in [-0.05, 0) is 106 Å². The SMILES string of the molecule is COc1ccc([C@@]23CC[C@@H](NC(=O)Nc4ccc(-c5nc6ccc(C)cc6s5)cc4)C[C@@H]2N(C)CC3)cc1OC. The van der Waals surface area contributed by atoms with Gasteiger partial charge >= 0.3 is 6.03 Å². The number of fused-ring (bicyclic) bond motifs is 2. The summed E-state index contributed by atoms with van der Waals surface area (Å²) >= 11 is 1.69. The van der Waals surface area contributed by atoms with Crippen molar-refractivity contribution in [2.75, 3.05) is 33.1 Å². The van der Waals surface area contributed by atoms with Gasteiger partial charge in [-0.2, -0.15) is 0 Å². The van der Waals surface area contributed by atoms with E-state index in [4.69, 9.17) is 14.5 Å². The van der Waals surface area contributed by atoms with Gasteiger partial charge in [0.25, 0.3) is 0 Å². The number of likely N-dealkylation sites (tertiary alicyclic amines) is 1. The number of nitrogens with zero attached hydrogens (tertiary/aromatic N) is 2. The van der Waals surface area contributed by atoms with E-state index in [1.807, 2.05) is 30.3 Å². The van der Waals surface area contributed by atoms with Gasteiger partial charge in [-0.25, -0.2) is 9.78 Å². The number of aryl methyl sites for hydroxylation is 1. The maximum Gasteiger partial charge on any atom is 0.319 e. The summed E-state index contributed by atoms with van der Waals surface area (Å²) in [6.07, 6.45) is 3.96. The van der Waals surface area contributed by atoms with Gasteiger partial charge in [-0.3, -0.25) is 0 Å². The smallest absolute Gasteiger partial charge is 0.319 e. The van der Waals surface area contributed by atoms with Crippen LogP contribution in [0.5, 0.6) is 11.5 Å². The van der Waals surface area contributed by atoms with E-state index in [0.717, 1.165) is 65.5 Å².